The van der Waals surface area contributed by atoms with Crippen LogP contribution >= 0.6 is 22.7 Å². The molecule has 89 heavy (non-hydrogen) atoms. The molecule has 4 atom stereocenters. The Hall–Kier alpha value is -7.40. The van der Waals surface area contributed by atoms with Crippen LogP contribution in [0.5, 0.6) is 0 Å². The first-order valence-electron chi connectivity index (χ1n) is 31.3. The molecule has 13 rings (SSSR count). The number of nitrogens with zero attached hydrogens (tertiary/aromatic N) is 7. The number of unbranched alkanes of at least 4 members (excludes halogenated alkanes) is 2. The lowest BCUT2D eigenvalue weighted by molar-refractivity contribution is -0.144. The third-order valence-corrected chi connectivity index (χ3v) is 22.4. The summed E-state index contributed by atoms with van der Waals surface area (Å²) in [5.41, 5.74) is 9.15. The maximum absolute atomic E-state index is 14.7. The molecule has 0 spiro atoms. The number of benzene rings is 3. The molecule has 7 aromatic rings. The maximum Gasteiger partial charge on any atom is 0.284 e. The zero-order chi connectivity index (χ0) is 62.5. The lowest BCUT2D eigenvalue weighted by Gasteiger charge is -2.56. The molecule has 19 nitrogen and oxygen atoms in total. The van der Waals surface area contributed by atoms with Crippen LogP contribution in [-0.2, 0) is 43.9 Å². The number of fused-ring (bicyclic) bond motifs is 2. The number of anilines is 2. The van der Waals surface area contributed by atoms with E-state index in [0.29, 0.717) is 60.0 Å². The van der Waals surface area contributed by atoms with E-state index >= 15 is 0 Å². The average Bonchev–Trinajstić information content (AvgIpc) is 1.47. The first kappa shape index (κ1) is 61.8. The summed E-state index contributed by atoms with van der Waals surface area (Å²) in [6.07, 6.45) is 9.79. The topological polar surface area (TPSA) is 251 Å². The largest absolute Gasteiger partial charge is 0.391 e. The quantitative estimate of drug-likeness (QED) is 0.0446. The minimum atomic E-state index is -4.23. The summed E-state index contributed by atoms with van der Waals surface area (Å²) in [6, 6.07) is 22.6. The molecule has 6 heterocycles. The summed E-state index contributed by atoms with van der Waals surface area (Å²) in [4.78, 5) is 88.9. The van der Waals surface area contributed by atoms with Crippen LogP contribution in [0.2, 0.25) is 0 Å². The van der Waals surface area contributed by atoms with Gasteiger partial charge in [0.05, 0.1) is 50.4 Å². The van der Waals surface area contributed by atoms with Gasteiger partial charge in [0.2, 0.25) is 27.7 Å². The van der Waals surface area contributed by atoms with E-state index in [9.17, 15) is 37.5 Å². The first-order chi connectivity index (χ1) is 42.6. The summed E-state index contributed by atoms with van der Waals surface area (Å²) < 4.78 is 33.2. The molecule has 1 saturated heterocycles. The molecule has 2 unspecified atom stereocenters. The number of hydrogen-bond donors (Lipinski definition) is 5. The van der Waals surface area contributed by atoms with E-state index in [1.54, 1.807) is 29.1 Å². The molecule has 2 aliphatic heterocycles. The normalized spacial score (nSPS) is 22.0. The minimum Gasteiger partial charge on any atom is -0.391 e. The van der Waals surface area contributed by atoms with Gasteiger partial charge < -0.3 is 25.5 Å². The fraction of sp³-hybridized carbons (Fsp3) is 0.478. The van der Waals surface area contributed by atoms with Crippen molar-refractivity contribution in [3.05, 3.63) is 130 Å². The fourth-order valence-electron chi connectivity index (χ4n) is 15.0. The van der Waals surface area contributed by atoms with Crippen molar-refractivity contribution in [1.82, 2.24) is 45.0 Å². The van der Waals surface area contributed by atoms with Crippen LogP contribution in [0.15, 0.2) is 90.6 Å². The van der Waals surface area contributed by atoms with E-state index in [4.69, 9.17) is 10.1 Å². The van der Waals surface area contributed by atoms with Crippen molar-refractivity contribution in [2.75, 3.05) is 29.1 Å². The highest BCUT2D eigenvalue weighted by Crippen LogP contribution is 2.60. The standard InChI is InChI=1S/C67H79N11O8S3/c1-39(45-18-20-47(21-19-45)59-40(2)68-38-87-59)70-62(82)54-30-48(79)35-77(54)64(84)60(66(4,5)6)73-57(80)17-8-7-11-26-89(85,86)75-63(83)58-49(51-34-69-78(41(51)3)37-67-31-42-27-43(32-67)29-44(28-42)33-67)22-23-56(72-58)76-25-24-46-13-12-14-50(52(46)36-76)61(81)74-65-71-53-15-9-10-16-55(53)88-65/h9-10,12-16,18-23,34,38-39,42-44,48,54,60,79H,7-8,11,17,24-33,35-37H2,1-6H3,(H,70,82)(H,73,80)(H,75,83)(H,71,74,81)/t39?,42?,43?,44?,48-,54+,60?,67?/m1/s1. The van der Waals surface area contributed by atoms with E-state index in [2.05, 4.69) is 35.3 Å². The van der Waals surface area contributed by atoms with Crippen LogP contribution in [0.1, 0.15) is 153 Å². The van der Waals surface area contributed by atoms with Gasteiger partial charge in [0.1, 0.15) is 23.6 Å². The number of sulfonamides is 1. The van der Waals surface area contributed by atoms with Gasteiger partial charge in [-0.1, -0.05) is 87.1 Å². The van der Waals surface area contributed by atoms with E-state index in [-0.39, 0.29) is 42.8 Å². The second-order valence-electron chi connectivity index (χ2n) is 26.8. The van der Waals surface area contributed by atoms with E-state index in [1.807, 2.05) is 119 Å². The molecule has 22 heteroatoms. The highest BCUT2D eigenvalue weighted by Gasteiger charge is 2.51. The van der Waals surface area contributed by atoms with Gasteiger partial charge in [0, 0.05) is 61.4 Å². The number of aliphatic hydroxyl groups is 1. The number of amides is 5. The number of thiazole rings is 2. The summed E-state index contributed by atoms with van der Waals surface area (Å²) >= 11 is 2.96. The van der Waals surface area contributed by atoms with Crippen LogP contribution in [-0.4, -0.2) is 110 Å². The van der Waals surface area contributed by atoms with Gasteiger partial charge in [-0.15, -0.1) is 11.3 Å². The number of aryl methyl sites for hydroxylation is 1. The second-order valence-corrected chi connectivity index (χ2v) is 30.5. The van der Waals surface area contributed by atoms with Crippen molar-refractivity contribution in [2.45, 2.75) is 156 Å². The summed E-state index contributed by atoms with van der Waals surface area (Å²) in [5.74, 6) is -0.141. The van der Waals surface area contributed by atoms with Gasteiger partial charge >= 0.3 is 0 Å². The average molecular weight is 1260 g/mol. The number of rotatable bonds is 20. The molecule has 4 bridgehead atoms. The number of nitrogens with one attached hydrogen (secondary N) is 4. The molecular weight excluding hydrogens is 1180 g/mol. The minimum absolute atomic E-state index is 0.00998. The molecule has 4 saturated carbocycles. The highest BCUT2D eigenvalue weighted by molar-refractivity contribution is 7.90. The van der Waals surface area contributed by atoms with Crippen molar-refractivity contribution in [2.24, 2.45) is 28.6 Å². The summed E-state index contributed by atoms with van der Waals surface area (Å²) in [6.45, 7) is 12.8. The van der Waals surface area contributed by atoms with Crippen LogP contribution in [0.3, 0.4) is 0 Å². The Bertz CT molecular complexity index is 3890. The molecule has 6 aliphatic rings. The highest BCUT2D eigenvalue weighted by atomic mass is 32.2. The Balaban J connectivity index is 0.695. The predicted octanol–water partition coefficient (Wildman–Crippen LogP) is 10.3. The van der Waals surface area contributed by atoms with Gasteiger partial charge in [-0.25, -0.2) is 28.1 Å². The molecule has 5 N–H and O–H groups in total. The molecule has 5 amide bonds. The maximum atomic E-state index is 14.7. The summed E-state index contributed by atoms with van der Waals surface area (Å²) in [7, 11) is -4.23. The molecule has 0 radical (unpaired) electrons. The third-order valence-electron chi connectivity index (χ3n) is 19.1. The van der Waals surface area contributed by atoms with Crippen molar-refractivity contribution in [3.8, 4) is 21.6 Å². The Kier molecular flexibility index (Phi) is 17.4. The van der Waals surface area contributed by atoms with E-state index < -0.39 is 69.0 Å². The Morgan fingerprint density at radius 2 is 1.57 bits per heavy atom. The van der Waals surface area contributed by atoms with Crippen LogP contribution in [0.4, 0.5) is 10.9 Å². The third kappa shape index (κ3) is 13.4. The number of pyridine rings is 1. The molecule has 4 aliphatic carbocycles. The lowest BCUT2D eigenvalue weighted by atomic mass is 9.49. The van der Waals surface area contributed by atoms with Crippen molar-refractivity contribution in [1.29, 1.82) is 0 Å². The smallest absolute Gasteiger partial charge is 0.284 e. The number of likely N-dealkylation sites (tertiary alicyclic amines) is 1. The van der Waals surface area contributed by atoms with Crippen molar-refractivity contribution < 1.29 is 37.5 Å². The number of aromatic nitrogens is 5. The molecule has 468 valence electrons. The fourth-order valence-corrected chi connectivity index (χ4v) is 17.7. The summed E-state index contributed by atoms with van der Waals surface area (Å²) in [5, 5.41) is 25.2. The molecule has 5 fully saturated rings. The van der Waals surface area contributed by atoms with Gasteiger partial charge in [-0.3, -0.25) is 34.0 Å². The van der Waals surface area contributed by atoms with Crippen LogP contribution < -0.4 is 25.6 Å². The monoisotopic (exact) mass is 1260 g/mol. The Morgan fingerprint density at radius 3 is 2.28 bits per heavy atom. The van der Waals surface area contributed by atoms with Crippen LogP contribution in [0, 0.1) is 42.4 Å². The van der Waals surface area contributed by atoms with Gasteiger partial charge in [0.15, 0.2) is 5.13 Å². The SMILES string of the molecule is Cc1ncsc1-c1ccc(C(C)NC(=O)[C@@H]2C[C@@H](O)CN2C(=O)C(NC(=O)CCCCCS(=O)(=O)NC(=O)c2nc(N3CCc4cccc(C(=O)Nc5nc6ccccc6s5)c4C3)ccc2-c2cnn(CC34CC5CC(CC(C5)C3)C4)c2C)C(C)(C)C)cc1. The second kappa shape index (κ2) is 25.1. The molecule has 4 aromatic heterocycles. The van der Waals surface area contributed by atoms with Crippen molar-refractivity contribution in [3.63, 3.8) is 0 Å². The zero-order valence-electron chi connectivity index (χ0n) is 51.4. The van der Waals surface area contributed by atoms with Gasteiger partial charge in [-0.05, 0) is 160 Å². The van der Waals surface area contributed by atoms with Crippen LogP contribution in [0.25, 0.3) is 31.8 Å². The number of β-amino-alcohol motifs (C(OH)–C–C–N with tert-alkyl or cyclic N) is 1. The number of para-hydroxylation sites is 1. The van der Waals surface area contributed by atoms with Gasteiger partial charge in [0.25, 0.3) is 11.8 Å². The first-order valence-corrected chi connectivity index (χ1v) is 34.6. The number of hydrogen-bond acceptors (Lipinski definition) is 15. The number of carbonyl (C=O) groups is 5. The molecule has 3 aromatic carbocycles. The zero-order valence-corrected chi connectivity index (χ0v) is 53.8. The molecular formula is C67H79N11O8S3. The number of aliphatic hydroxyl groups excluding tert-OH is 1. The lowest BCUT2D eigenvalue weighted by Crippen LogP contribution is -2.57. The number of carbonyl (C=O) groups excluding carboxylic acids is 5. The van der Waals surface area contributed by atoms with Gasteiger partial charge in [-0.2, -0.15) is 5.10 Å². The van der Waals surface area contributed by atoms with E-state index in [1.165, 1.54) is 54.8 Å². The Labute approximate surface area is 528 Å². The van der Waals surface area contributed by atoms with Crippen molar-refractivity contribution >= 4 is 83.4 Å². The Morgan fingerprint density at radius 1 is 0.831 bits per heavy atom. The van der Waals surface area contributed by atoms with E-state index in [0.717, 1.165) is 73.0 Å². The predicted molar refractivity (Wildman–Crippen MR) is 346 cm³/mol.